The van der Waals surface area contributed by atoms with Crippen molar-refractivity contribution >= 4 is 5.91 Å². The number of hydrogen-bond acceptors (Lipinski definition) is 5. The number of nitrogens with one attached hydrogen (secondary N) is 3. The third-order valence-electron chi connectivity index (χ3n) is 10.5. The SMILES string of the molecule is NCCNCC1CCC(C2CCC3NCN(CC4CCCC(C(=O)NC5CCCC5)C4)C3C2)CC1. The third kappa shape index (κ3) is 6.80. The van der Waals surface area contributed by atoms with E-state index in [0.717, 1.165) is 62.9 Å². The standard InChI is InChI=1S/C29H53N5O/c30-14-15-31-18-21-8-10-23(11-9-21)24-12-13-27-28(17-24)34(20-32-27)19-22-4-3-5-25(16-22)29(35)33-26-6-1-2-7-26/h21-28,31-32H,1-20,30H2,(H,33,35). The highest BCUT2D eigenvalue weighted by atomic mass is 16.1. The normalized spacial score (nSPS) is 38.9. The molecule has 5 unspecified atom stereocenters. The molecule has 6 nitrogen and oxygen atoms in total. The predicted octanol–water partition coefficient (Wildman–Crippen LogP) is 3.61. The fourth-order valence-electron chi connectivity index (χ4n) is 8.49. The summed E-state index contributed by atoms with van der Waals surface area (Å²) in [6, 6.07) is 1.89. The van der Waals surface area contributed by atoms with Crippen molar-refractivity contribution in [2.24, 2.45) is 35.3 Å². The zero-order chi connectivity index (χ0) is 24.0. The van der Waals surface area contributed by atoms with Crippen molar-refractivity contribution < 1.29 is 4.79 Å². The maximum absolute atomic E-state index is 12.9. The van der Waals surface area contributed by atoms with Gasteiger partial charge in [-0.2, -0.15) is 0 Å². The van der Waals surface area contributed by atoms with Crippen LogP contribution in [0.4, 0.5) is 0 Å². The molecule has 5 N–H and O–H groups in total. The van der Waals surface area contributed by atoms with Gasteiger partial charge in [-0.1, -0.05) is 19.3 Å². The molecular formula is C29H53N5O. The van der Waals surface area contributed by atoms with Crippen LogP contribution in [0, 0.1) is 29.6 Å². The number of carbonyl (C=O) groups excluding carboxylic acids is 1. The van der Waals surface area contributed by atoms with Crippen molar-refractivity contribution in [3.63, 3.8) is 0 Å². The van der Waals surface area contributed by atoms with Crippen LogP contribution in [0.3, 0.4) is 0 Å². The first-order valence-corrected chi connectivity index (χ1v) is 15.4. The Balaban J connectivity index is 1.08. The zero-order valence-electron chi connectivity index (χ0n) is 22.2. The Kier molecular flexibility index (Phi) is 9.42. The molecule has 0 spiro atoms. The molecule has 1 aliphatic heterocycles. The summed E-state index contributed by atoms with van der Waals surface area (Å²) < 4.78 is 0. The molecule has 0 aromatic heterocycles. The first-order valence-electron chi connectivity index (χ1n) is 15.4. The Morgan fingerprint density at radius 3 is 2.46 bits per heavy atom. The van der Waals surface area contributed by atoms with E-state index in [4.69, 9.17) is 5.73 Å². The molecule has 200 valence electrons. The van der Waals surface area contributed by atoms with Crippen LogP contribution < -0.4 is 21.7 Å². The molecule has 0 radical (unpaired) electrons. The van der Waals surface area contributed by atoms with E-state index in [2.05, 4.69) is 20.9 Å². The molecule has 5 rings (SSSR count). The van der Waals surface area contributed by atoms with E-state index < -0.39 is 0 Å². The van der Waals surface area contributed by atoms with Crippen LogP contribution in [0.1, 0.15) is 96.3 Å². The summed E-state index contributed by atoms with van der Waals surface area (Å²) in [5.41, 5.74) is 5.64. The first kappa shape index (κ1) is 25.9. The van der Waals surface area contributed by atoms with Crippen LogP contribution in [0.25, 0.3) is 0 Å². The van der Waals surface area contributed by atoms with Crippen LogP contribution in [-0.2, 0) is 4.79 Å². The van der Waals surface area contributed by atoms with E-state index in [0.29, 0.717) is 23.9 Å². The highest BCUT2D eigenvalue weighted by molar-refractivity contribution is 5.79. The van der Waals surface area contributed by atoms with Crippen LogP contribution in [0.15, 0.2) is 0 Å². The number of nitrogens with zero attached hydrogens (tertiary/aromatic N) is 1. The van der Waals surface area contributed by atoms with Gasteiger partial charge in [0.25, 0.3) is 0 Å². The van der Waals surface area contributed by atoms with E-state index in [1.54, 1.807) is 0 Å². The van der Waals surface area contributed by atoms with Crippen molar-refractivity contribution in [1.82, 2.24) is 20.9 Å². The number of rotatable bonds is 9. The van der Waals surface area contributed by atoms with Gasteiger partial charge >= 0.3 is 0 Å². The van der Waals surface area contributed by atoms with Crippen molar-refractivity contribution in [1.29, 1.82) is 0 Å². The lowest BCUT2D eigenvalue weighted by atomic mass is 9.69. The molecule has 5 fully saturated rings. The molecule has 1 amide bonds. The van der Waals surface area contributed by atoms with E-state index in [1.165, 1.54) is 90.0 Å². The summed E-state index contributed by atoms with van der Waals surface area (Å²) >= 11 is 0. The van der Waals surface area contributed by atoms with Crippen molar-refractivity contribution in [3.05, 3.63) is 0 Å². The molecule has 4 saturated carbocycles. The molecule has 35 heavy (non-hydrogen) atoms. The molecular weight excluding hydrogens is 434 g/mol. The van der Waals surface area contributed by atoms with Crippen LogP contribution in [0.2, 0.25) is 0 Å². The summed E-state index contributed by atoms with van der Waals surface area (Å²) in [6.07, 6.45) is 19.6. The molecule has 4 aliphatic carbocycles. The lowest BCUT2D eigenvalue weighted by molar-refractivity contribution is -0.127. The summed E-state index contributed by atoms with van der Waals surface area (Å²) in [5, 5.41) is 10.8. The van der Waals surface area contributed by atoms with Crippen molar-refractivity contribution in [2.45, 2.75) is 114 Å². The van der Waals surface area contributed by atoms with Gasteiger partial charge in [-0.15, -0.1) is 0 Å². The third-order valence-corrected chi connectivity index (χ3v) is 10.5. The molecule has 5 aliphatic rings. The van der Waals surface area contributed by atoms with Crippen molar-refractivity contribution in [2.75, 3.05) is 32.8 Å². The minimum atomic E-state index is 0.259. The summed E-state index contributed by atoms with van der Waals surface area (Å²) in [5.74, 6) is 4.06. The molecule has 1 saturated heterocycles. The summed E-state index contributed by atoms with van der Waals surface area (Å²) in [4.78, 5) is 15.7. The fraction of sp³-hybridized carbons (Fsp3) is 0.966. The van der Waals surface area contributed by atoms with Gasteiger partial charge in [0.1, 0.15) is 0 Å². The number of nitrogens with two attached hydrogens (primary N) is 1. The Labute approximate surface area is 214 Å². The Morgan fingerprint density at radius 2 is 1.66 bits per heavy atom. The first-order chi connectivity index (χ1) is 17.2. The molecule has 0 bridgehead atoms. The lowest BCUT2D eigenvalue weighted by Gasteiger charge is -2.42. The van der Waals surface area contributed by atoms with E-state index in [-0.39, 0.29) is 5.92 Å². The lowest BCUT2D eigenvalue weighted by Crippen LogP contribution is -2.45. The van der Waals surface area contributed by atoms with Crippen molar-refractivity contribution in [3.8, 4) is 0 Å². The quantitative estimate of drug-likeness (QED) is 0.374. The van der Waals surface area contributed by atoms with Gasteiger partial charge in [-0.25, -0.2) is 0 Å². The molecule has 0 aromatic carbocycles. The topological polar surface area (TPSA) is 82.4 Å². The van der Waals surface area contributed by atoms with Gasteiger partial charge in [0, 0.05) is 50.3 Å². The van der Waals surface area contributed by atoms with Gasteiger partial charge in [-0.05, 0) is 107 Å². The molecule has 5 atom stereocenters. The van der Waals surface area contributed by atoms with Gasteiger partial charge in [-0.3, -0.25) is 15.0 Å². The second kappa shape index (κ2) is 12.7. The average Bonchev–Trinajstić information content (AvgIpc) is 3.55. The number of carbonyl (C=O) groups is 1. The van der Waals surface area contributed by atoms with Gasteiger partial charge in [0.15, 0.2) is 0 Å². The molecule has 6 heteroatoms. The van der Waals surface area contributed by atoms with Crippen LogP contribution >= 0.6 is 0 Å². The smallest absolute Gasteiger partial charge is 0.223 e. The minimum absolute atomic E-state index is 0.259. The Morgan fingerprint density at radius 1 is 0.857 bits per heavy atom. The predicted molar refractivity (Wildman–Crippen MR) is 143 cm³/mol. The van der Waals surface area contributed by atoms with Gasteiger partial charge in [0.05, 0.1) is 0 Å². The fourth-order valence-corrected chi connectivity index (χ4v) is 8.49. The maximum atomic E-state index is 12.9. The Bertz CT molecular complexity index is 659. The summed E-state index contributed by atoms with van der Waals surface area (Å²) in [7, 11) is 0. The van der Waals surface area contributed by atoms with Gasteiger partial charge in [0.2, 0.25) is 5.91 Å². The second-order valence-electron chi connectivity index (χ2n) is 12.9. The highest BCUT2D eigenvalue weighted by Crippen LogP contribution is 2.42. The minimum Gasteiger partial charge on any atom is -0.353 e. The zero-order valence-corrected chi connectivity index (χ0v) is 22.2. The summed E-state index contributed by atoms with van der Waals surface area (Å²) in [6.45, 7) is 5.14. The second-order valence-corrected chi connectivity index (χ2v) is 12.9. The van der Waals surface area contributed by atoms with E-state index >= 15 is 0 Å². The van der Waals surface area contributed by atoms with E-state index in [1.807, 2.05) is 0 Å². The maximum Gasteiger partial charge on any atom is 0.223 e. The average molecular weight is 488 g/mol. The number of amides is 1. The number of fused-ring (bicyclic) bond motifs is 1. The highest BCUT2D eigenvalue weighted by Gasteiger charge is 2.42. The van der Waals surface area contributed by atoms with E-state index in [9.17, 15) is 4.79 Å². The largest absolute Gasteiger partial charge is 0.353 e. The monoisotopic (exact) mass is 487 g/mol. The number of hydrogen-bond donors (Lipinski definition) is 4. The van der Waals surface area contributed by atoms with Crippen LogP contribution in [-0.4, -0.2) is 61.8 Å². The molecule has 0 aromatic rings. The van der Waals surface area contributed by atoms with Crippen LogP contribution in [0.5, 0.6) is 0 Å². The van der Waals surface area contributed by atoms with Gasteiger partial charge < -0.3 is 16.4 Å². The molecule has 1 heterocycles. The Hall–Kier alpha value is -0.690.